The van der Waals surface area contributed by atoms with Crippen LogP contribution < -0.4 is 0 Å². The fraction of sp³-hybridized carbons (Fsp3) is 0.292. The fourth-order valence-electron chi connectivity index (χ4n) is 3.56. The van der Waals surface area contributed by atoms with Gasteiger partial charge in [0, 0.05) is 5.92 Å². The highest BCUT2D eigenvalue weighted by molar-refractivity contribution is 5.83. The largest absolute Gasteiger partial charge is 0.206 e. The number of halogens is 1. The summed E-state index contributed by atoms with van der Waals surface area (Å²) in [4.78, 5) is 0. The van der Waals surface area contributed by atoms with E-state index in [9.17, 15) is 4.39 Å². The number of benzene rings is 3. The Kier molecular flexibility index (Phi) is 6.02. The minimum absolute atomic E-state index is 0.108. The second kappa shape index (κ2) is 8.63. The minimum Gasteiger partial charge on any atom is -0.206 e. The predicted molar refractivity (Wildman–Crippen MR) is 106 cm³/mol. The molecule has 0 fully saturated rings. The average molecular weight is 345 g/mol. The van der Waals surface area contributed by atoms with Crippen LogP contribution in [0.2, 0.25) is 0 Å². The maximum absolute atomic E-state index is 14.2. The molecule has 0 aliphatic carbocycles. The lowest BCUT2D eigenvalue weighted by Gasteiger charge is -2.19. The number of hydrogen-bond acceptors (Lipinski definition) is 1. The molecule has 0 saturated heterocycles. The van der Waals surface area contributed by atoms with Crippen molar-refractivity contribution in [1.29, 1.82) is 5.26 Å². The molecule has 0 radical (unpaired) electrons. The molecule has 0 spiro atoms. The first-order valence-corrected chi connectivity index (χ1v) is 9.41. The van der Waals surface area contributed by atoms with Gasteiger partial charge in [0.05, 0.1) is 5.56 Å². The van der Waals surface area contributed by atoms with Gasteiger partial charge >= 0.3 is 0 Å². The van der Waals surface area contributed by atoms with E-state index in [1.54, 1.807) is 6.07 Å². The third kappa shape index (κ3) is 4.11. The molecule has 3 aromatic carbocycles. The second-order valence-corrected chi connectivity index (χ2v) is 6.86. The fourth-order valence-corrected chi connectivity index (χ4v) is 3.56. The van der Waals surface area contributed by atoms with E-state index in [4.69, 9.17) is 5.26 Å². The van der Waals surface area contributed by atoms with Crippen molar-refractivity contribution in [1.82, 2.24) is 0 Å². The van der Waals surface area contributed by atoms with Crippen LogP contribution in [0.3, 0.4) is 0 Å². The van der Waals surface area contributed by atoms with E-state index >= 15 is 0 Å². The molecule has 0 N–H and O–H groups in total. The van der Waals surface area contributed by atoms with Gasteiger partial charge in [-0.05, 0) is 40.5 Å². The smallest absolute Gasteiger partial charge is 0.141 e. The Morgan fingerprint density at radius 3 is 2.35 bits per heavy atom. The summed E-state index contributed by atoms with van der Waals surface area (Å²) in [7, 11) is 0. The van der Waals surface area contributed by atoms with Crippen molar-refractivity contribution in [3.63, 3.8) is 0 Å². The van der Waals surface area contributed by atoms with E-state index in [0.717, 1.165) is 18.4 Å². The summed E-state index contributed by atoms with van der Waals surface area (Å²) in [5, 5.41) is 11.4. The molecule has 1 atom stereocenters. The van der Waals surface area contributed by atoms with Gasteiger partial charge < -0.3 is 0 Å². The molecule has 0 aromatic heterocycles. The Balaban J connectivity index is 1.96. The third-order valence-electron chi connectivity index (χ3n) is 5.04. The Labute approximate surface area is 155 Å². The number of unbranched alkanes of at least 4 members (excludes halogenated alkanes) is 3. The second-order valence-electron chi connectivity index (χ2n) is 6.86. The number of nitriles is 1. The van der Waals surface area contributed by atoms with E-state index in [1.807, 2.05) is 24.3 Å². The summed E-state index contributed by atoms with van der Waals surface area (Å²) in [6, 6.07) is 21.8. The molecule has 3 rings (SSSR count). The van der Waals surface area contributed by atoms with E-state index in [-0.39, 0.29) is 11.5 Å². The normalized spacial score (nSPS) is 12.0. The molecule has 0 aliphatic rings. The molecular formula is C24H24FN. The van der Waals surface area contributed by atoms with Crippen molar-refractivity contribution in [3.05, 3.63) is 83.2 Å². The van der Waals surface area contributed by atoms with Crippen LogP contribution in [0.4, 0.5) is 4.39 Å². The van der Waals surface area contributed by atoms with Crippen LogP contribution in [-0.4, -0.2) is 0 Å². The molecule has 3 aromatic rings. The standard InChI is InChI=1S/C24H24FN/c1-2-3-4-5-10-23(21-13-14-22(17-26)24(25)16-21)20-12-11-18-8-6-7-9-19(18)15-20/h6-9,11-16,23H,2-5,10H2,1H3. The Bertz CT molecular complexity index is 923. The number of rotatable bonds is 7. The highest BCUT2D eigenvalue weighted by Crippen LogP contribution is 2.33. The van der Waals surface area contributed by atoms with Crippen molar-refractivity contribution < 1.29 is 4.39 Å². The summed E-state index contributed by atoms with van der Waals surface area (Å²) < 4.78 is 14.2. The van der Waals surface area contributed by atoms with Gasteiger partial charge in [-0.15, -0.1) is 0 Å². The van der Waals surface area contributed by atoms with Crippen molar-refractivity contribution in [3.8, 4) is 6.07 Å². The van der Waals surface area contributed by atoms with Gasteiger partial charge in [-0.3, -0.25) is 0 Å². The summed E-state index contributed by atoms with van der Waals surface area (Å²) in [5.74, 6) is -0.275. The van der Waals surface area contributed by atoms with Crippen LogP contribution in [0.5, 0.6) is 0 Å². The number of hydrogen-bond donors (Lipinski definition) is 0. The van der Waals surface area contributed by atoms with E-state index in [1.165, 1.54) is 41.7 Å². The zero-order chi connectivity index (χ0) is 18.4. The van der Waals surface area contributed by atoms with E-state index in [2.05, 4.69) is 37.3 Å². The van der Waals surface area contributed by atoms with Gasteiger partial charge in [-0.25, -0.2) is 4.39 Å². The van der Waals surface area contributed by atoms with Crippen LogP contribution in [0, 0.1) is 17.1 Å². The molecule has 0 amide bonds. The lowest BCUT2D eigenvalue weighted by molar-refractivity contribution is 0.588. The Morgan fingerprint density at radius 1 is 0.885 bits per heavy atom. The highest BCUT2D eigenvalue weighted by atomic mass is 19.1. The number of nitrogens with zero attached hydrogens (tertiary/aromatic N) is 1. The van der Waals surface area contributed by atoms with E-state index < -0.39 is 5.82 Å². The topological polar surface area (TPSA) is 23.8 Å². The molecule has 26 heavy (non-hydrogen) atoms. The SMILES string of the molecule is CCCCCCC(c1ccc(C#N)c(F)c1)c1ccc2ccccc2c1. The molecule has 0 heterocycles. The van der Waals surface area contributed by atoms with Crippen LogP contribution in [0.1, 0.15) is 61.6 Å². The minimum atomic E-state index is -0.427. The van der Waals surface area contributed by atoms with Gasteiger partial charge in [0.15, 0.2) is 0 Å². The highest BCUT2D eigenvalue weighted by Gasteiger charge is 2.16. The average Bonchev–Trinajstić information content (AvgIpc) is 2.67. The first kappa shape index (κ1) is 18.1. The van der Waals surface area contributed by atoms with Gasteiger partial charge in [0.25, 0.3) is 0 Å². The molecular weight excluding hydrogens is 321 g/mol. The van der Waals surface area contributed by atoms with Gasteiger partial charge in [-0.2, -0.15) is 5.26 Å². The number of fused-ring (bicyclic) bond motifs is 1. The lowest BCUT2D eigenvalue weighted by Crippen LogP contribution is -2.03. The van der Waals surface area contributed by atoms with Crippen molar-refractivity contribution in [2.24, 2.45) is 0 Å². The lowest BCUT2D eigenvalue weighted by atomic mass is 9.85. The quantitative estimate of drug-likeness (QED) is 0.425. The molecule has 2 heteroatoms. The summed E-state index contributed by atoms with van der Waals surface area (Å²) in [6.07, 6.45) is 5.73. The Hall–Kier alpha value is -2.66. The molecule has 1 unspecified atom stereocenters. The van der Waals surface area contributed by atoms with Gasteiger partial charge in [-0.1, -0.05) is 81.1 Å². The zero-order valence-electron chi connectivity index (χ0n) is 15.2. The first-order chi connectivity index (χ1) is 12.7. The third-order valence-corrected chi connectivity index (χ3v) is 5.04. The molecule has 132 valence electrons. The van der Waals surface area contributed by atoms with Gasteiger partial charge in [0.1, 0.15) is 11.9 Å². The van der Waals surface area contributed by atoms with Crippen molar-refractivity contribution in [2.75, 3.05) is 0 Å². The molecule has 0 bridgehead atoms. The predicted octanol–water partition coefficient (Wildman–Crippen LogP) is 6.95. The van der Waals surface area contributed by atoms with Gasteiger partial charge in [0.2, 0.25) is 0 Å². The van der Waals surface area contributed by atoms with Crippen LogP contribution in [-0.2, 0) is 0 Å². The zero-order valence-corrected chi connectivity index (χ0v) is 15.2. The maximum atomic E-state index is 14.2. The van der Waals surface area contributed by atoms with Crippen LogP contribution >= 0.6 is 0 Å². The first-order valence-electron chi connectivity index (χ1n) is 9.41. The maximum Gasteiger partial charge on any atom is 0.141 e. The molecule has 1 nitrogen and oxygen atoms in total. The van der Waals surface area contributed by atoms with Crippen LogP contribution in [0.15, 0.2) is 60.7 Å². The summed E-state index contributed by atoms with van der Waals surface area (Å²) in [5.41, 5.74) is 2.27. The van der Waals surface area contributed by atoms with E-state index in [0.29, 0.717) is 0 Å². The van der Waals surface area contributed by atoms with Crippen molar-refractivity contribution >= 4 is 10.8 Å². The Morgan fingerprint density at radius 2 is 1.62 bits per heavy atom. The summed E-state index contributed by atoms with van der Waals surface area (Å²) >= 11 is 0. The monoisotopic (exact) mass is 345 g/mol. The van der Waals surface area contributed by atoms with Crippen LogP contribution in [0.25, 0.3) is 10.8 Å². The molecule has 0 aliphatic heterocycles. The molecule has 0 saturated carbocycles. The summed E-state index contributed by atoms with van der Waals surface area (Å²) in [6.45, 7) is 2.21. The van der Waals surface area contributed by atoms with Crippen molar-refractivity contribution in [2.45, 2.75) is 44.9 Å².